The third-order valence-electron chi connectivity index (χ3n) is 4.31. The second-order valence-corrected chi connectivity index (χ2v) is 6.84. The lowest BCUT2D eigenvalue weighted by molar-refractivity contribution is 0.111. The molecule has 0 spiro atoms. The van der Waals surface area contributed by atoms with Gasteiger partial charge in [0.2, 0.25) is 4.96 Å². The van der Waals surface area contributed by atoms with Gasteiger partial charge in [0.1, 0.15) is 22.9 Å². The Hall–Kier alpha value is -2.23. The molecule has 1 aliphatic heterocycles. The molecule has 3 heterocycles. The summed E-state index contributed by atoms with van der Waals surface area (Å²) in [4.78, 5) is 5.41. The highest BCUT2D eigenvalue weighted by Crippen LogP contribution is 2.34. The number of rotatable bonds is 2. The van der Waals surface area contributed by atoms with Crippen molar-refractivity contribution < 1.29 is 4.74 Å². The number of fused-ring (bicyclic) bond motifs is 1. The predicted octanol–water partition coefficient (Wildman–Crippen LogP) is 3.80. The van der Waals surface area contributed by atoms with E-state index >= 15 is 0 Å². The van der Waals surface area contributed by atoms with Gasteiger partial charge in [0.05, 0.1) is 0 Å². The largest absolute Gasteiger partial charge is 0.371 e. The number of aromatic nitrogens is 3. The molecule has 5 nitrogen and oxygen atoms in total. The van der Waals surface area contributed by atoms with E-state index in [1.165, 1.54) is 22.5 Å². The molecular weight excluding hydrogens is 308 g/mol. The fourth-order valence-corrected chi connectivity index (χ4v) is 3.84. The second kappa shape index (κ2) is 5.44. The highest BCUT2D eigenvalue weighted by Gasteiger charge is 2.25. The Morgan fingerprint density at radius 3 is 2.91 bits per heavy atom. The van der Waals surface area contributed by atoms with E-state index in [2.05, 4.69) is 42.1 Å². The SMILES string of the molecule is Cc1ccc(-c2nc3sc(C4CCCO4)nn3c2C#N)cc1C. The summed E-state index contributed by atoms with van der Waals surface area (Å²) in [6.45, 7) is 4.92. The standard InChI is InChI=1S/C17H16N4OS/c1-10-5-6-12(8-11(10)2)15-13(9-18)21-17(19-15)23-16(20-21)14-4-3-7-22-14/h5-6,8,14H,3-4,7H2,1-2H3. The number of ether oxygens (including phenoxy) is 1. The van der Waals surface area contributed by atoms with E-state index in [1.54, 1.807) is 4.52 Å². The van der Waals surface area contributed by atoms with Crippen molar-refractivity contribution in [1.82, 2.24) is 14.6 Å². The quantitative estimate of drug-likeness (QED) is 0.719. The molecule has 1 fully saturated rings. The Balaban J connectivity index is 1.83. The van der Waals surface area contributed by atoms with Gasteiger partial charge in [-0.2, -0.15) is 14.9 Å². The maximum Gasteiger partial charge on any atom is 0.214 e. The molecule has 0 N–H and O–H groups in total. The van der Waals surface area contributed by atoms with E-state index in [4.69, 9.17) is 4.74 Å². The van der Waals surface area contributed by atoms with Crippen molar-refractivity contribution in [1.29, 1.82) is 5.26 Å². The molecule has 0 aliphatic carbocycles. The van der Waals surface area contributed by atoms with Crippen LogP contribution in [0.5, 0.6) is 0 Å². The summed E-state index contributed by atoms with van der Waals surface area (Å²) in [7, 11) is 0. The van der Waals surface area contributed by atoms with E-state index in [0.29, 0.717) is 11.4 Å². The average Bonchev–Trinajstić information content (AvgIpc) is 3.23. The van der Waals surface area contributed by atoms with Gasteiger partial charge in [-0.1, -0.05) is 23.5 Å². The molecule has 1 aromatic carbocycles. The van der Waals surface area contributed by atoms with Crippen LogP contribution in [0.2, 0.25) is 0 Å². The summed E-state index contributed by atoms with van der Waals surface area (Å²) in [6, 6.07) is 8.40. The zero-order valence-electron chi connectivity index (χ0n) is 13.0. The molecule has 6 heteroatoms. The molecule has 0 radical (unpaired) electrons. The van der Waals surface area contributed by atoms with Crippen LogP contribution >= 0.6 is 11.3 Å². The fraction of sp³-hybridized carbons (Fsp3) is 0.353. The first-order valence-corrected chi connectivity index (χ1v) is 8.48. The first kappa shape index (κ1) is 14.4. The second-order valence-electron chi connectivity index (χ2n) is 5.86. The molecule has 0 bridgehead atoms. The number of nitriles is 1. The van der Waals surface area contributed by atoms with Crippen molar-refractivity contribution in [2.24, 2.45) is 0 Å². The summed E-state index contributed by atoms with van der Waals surface area (Å²) in [5.41, 5.74) is 4.57. The van der Waals surface area contributed by atoms with E-state index in [9.17, 15) is 5.26 Å². The molecule has 23 heavy (non-hydrogen) atoms. The highest BCUT2D eigenvalue weighted by molar-refractivity contribution is 7.16. The molecule has 0 amide bonds. The van der Waals surface area contributed by atoms with Crippen LogP contribution in [0.4, 0.5) is 0 Å². The van der Waals surface area contributed by atoms with Gasteiger partial charge < -0.3 is 4.74 Å². The van der Waals surface area contributed by atoms with Crippen molar-refractivity contribution in [3.8, 4) is 17.3 Å². The van der Waals surface area contributed by atoms with Gasteiger partial charge in [0.25, 0.3) is 0 Å². The van der Waals surface area contributed by atoms with Crippen LogP contribution in [-0.4, -0.2) is 21.2 Å². The molecule has 1 aliphatic rings. The Morgan fingerprint density at radius 2 is 2.22 bits per heavy atom. The minimum atomic E-state index is 0.0540. The highest BCUT2D eigenvalue weighted by atomic mass is 32.1. The Labute approximate surface area is 138 Å². The molecule has 3 aromatic rings. The summed E-state index contributed by atoms with van der Waals surface area (Å²) < 4.78 is 7.34. The Bertz CT molecular complexity index is 928. The zero-order valence-corrected chi connectivity index (χ0v) is 13.9. The first-order chi connectivity index (χ1) is 11.2. The lowest BCUT2D eigenvalue weighted by Gasteiger charge is -2.04. The number of imidazole rings is 1. The van der Waals surface area contributed by atoms with Gasteiger partial charge in [-0.3, -0.25) is 0 Å². The number of nitrogens with zero attached hydrogens (tertiary/aromatic N) is 4. The summed E-state index contributed by atoms with van der Waals surface area (Å²) in [5, 5.41) is 15.1. The summed E-state index contributed by atoms with van der Waals surface area (Å²) in [6.07, 6.45) is 2.10. The molecule has 0 saturated carbocycles. The number of benzene rings is 1. The summed E-state index contributed by atoms with van der Waals surface area (Å²) >= 11 is 1.51. The smallest absolute Gasteiger partial charge is 0.214 e. The fourth-order valence-electron chi connectivity index (χ4n) is 2.86. The van der Waals surface area contributed by atoms with E-state index in [-0.39, 0.29) is 6.10 Å². The van der Waals surface area contributed by atoms with Gasteiger partial charge in [0, 0.05) is 12.2 Å². The predicted molar refractivity (Wildman–Crippen MR) is 88.4 cm³/mol. The number of aryl methyl sites for hydroxylation is 2. The third kappa shape index (κ3) is 2.33. The van der Waals surface area contributed by atoms with E-state index in [1.807, 2.05) is 6.07 Å². The molecule has 4 rings (SSSR count). The first-order valence-electron chi connectivity index (χ1n) is 7.66. The van der Waals surface area contributed by atoms with Crippen molar-refractivity contribution in [3.05, 3.63) is 40.0 Å². The normalized spacial score (nSPS) is 17.7. The lowest BCUT2D eigenvalue weighted by atomic mass is 10.0. The van der Waals surface area contributed by atoms with E-state index in [0.717, 1.165) is 35.0 Å². The Morgan fingerprint density at radius 1 is 1.35 bits per heavy atom. The van der Waals surface area contributed by atoms with Gasteiger partial charge >= 0.3 is 0 Å². The maximum absolute atomic E-state index is 9.59. The minimum Gasteiger partial charge on any atom is -0.371 e. The van der Waals surface area contributed by atoms with Gasteiger partial charge in [-0.15, -0.1) is 0 Å². The average molecular weight is 324 g/mol. The number of hydrogen-bond donors (Lipinski definition) is 0. The van der Waals surface area contributed by atoms with Crippen LogP contribution in [-0.2, 0) is 4.74 Å². The molecule has 1 unspecified atom stereocenters. The minimum absolute atomic E-state index is 0.0540. The van der Waals surface area contributed by atoms with Crippen molar-refractivity contribution in [2.75, 3.05) is 6.61 Å². The summed E-state index contributed by atoms with van der Waals surface area (Å²) in [5.74, 6) is 0. The van der Waals surface area contributed by atoms with E-state index < -0.39 is 0 Å². The van der Waals surface area contributed by atoms with Crippen LogP contribution in [0.15, 0.2) is 18.2 Å². The van der Waals surface area contributed by atoms with Crippen LogP contribution in [0.25, 0.3) is 16.2 Å². The van der Waals surface area contributed by atoms with Crippen LogP contribution in [0.3, 0.4) is 0 Å². The van der Waals surface area contributed by atoms with Gasteiger partial charge in [-0.25, -0.2) is 4.98 Å². The molecule has 2 aromatic heterocycles. The maximum atomic E-state index is 9.59. The van der Waals surface area contributed by atoms with Crippen molar-refractivity contribution in [2.45, 2.75) is 32.8 Å². The van der Waals surface area contributed by atoms with Gasteiger partial charge in [0.15, 0.2) is 5.69 Å². The zero-order chi connectivity index (χ0) is 16.0. The monoisotopic (exact) mass is 324 g/mol. The molecule has 116 valence electrons. The molecule has 1 atom stereocenters. The van der Waals surface area contributed by atoms with Crippen molar-refractivity contribution >= 4 is 16.3 Å². The van der Waals surface area contributed by atoms with Crippen LogP contribution < -0.4 is 0 Å². The van der Waals surface area contributed by atoms with Crippen LogP contribution in [0.1, 0.15) is 40.8 Å². The topological polar surface area (TPSA) is 63.2 Å². The Kier molecular flexibility index (Phi) is 3.40. The number of hydrogen-bond acceptors (Lipinski definition) is 5. The van der Waals surface area contributed by atoms with Crippen LogP contribution in [0, 0.1) is 25.2 Å². The van der Waals surface area contributed by atoms with Gasteiger partial charge in [-0.05, 0) is 43.9 Å². The molecular formula is C17H16N4OS. The molecule has 1 saturated heterocycles. The lowest BCUT2D eigenvalue weighted by Crippen LogP contribution is -1.98. The third-order valence-corrected chi connectivity index (χ3v) is 5.31. The van der Waals surface area contributed by atoms with Crippen molar-refractivity contribution in [3.63, 3.8) is 0 Å².